The Morgan fingerprint density at radius 1 is 1.33 bits per heavy atom. The molecule has 6 heteroatoms. The van der Waals surface area contributed by atoms with Crippen LogP contribution in [0.5, 0.6) is 0 Å². The Bertz CT molecular complexity index is 522. The molecule has 0 heterocycles. The quantitative estimate of drug-likeness (QED) is 0.663. The van der Waals surface area contributed by atoms with Crippen molar-refractivity contribution in [3.8, 4) is 0 Å². The van der Waals surface area contributed by atoms with E-state index in [2.05, 4.69) is 15.2 Å². The zero-order valence-electron chi connectivity index (χ0n) is 12.5. The molecule has 0 bridgehead atoms. The monoisotopic (exact) mass is 296 g/mol. The average molecular weight is 296 g/mol. The van der Waals surface area contributed by atoms with E-state index < -0.39 is 11.6 Å². The summed E-state index contributed by atoms with van der Waals surface area (Å²) in [4.78, 5) is 6.53. The fourth-order valence-electron chi connectivity index (χ4n) is 2.78. The molecule has 2 rings (SSSR count). The topological polar surface area (TPSA) is 53.6 Å². The molecule has 1 aromatic carbocycles. The third-order valence-corrected chi connectivity index (χ3v) is 4.22. The minimum atomic E-state index is -0.684. The van der Waals surface area contributed by atoms with Crippen molar-refractivity contribution in [1.29, 1.82) is 0 Å². The molecule has 1 aliphatic rings. The number of aliphatic imine (C=N–C) groups is 1. The van der Waals surface area contributed by atoms with Gasteiger partial charge >= 0.3 is 0 Å². The van der Waals surface area contributed by atoms with Crippen molar-refractivity contribution in [2.45, 2.75) is 31.2 Å². The summed E-state index contributed by atoms with van der Waals surface area (Å²) in [6, 6.07) is 3.30. The third kappa shape index (κ3) is 3.69. The van der Waals surface area contributed by atoms with Gasteiger partial charge in [0.25, 0.3) is 0 Å². The number of rotatable bonds is 4. The number of guanidine groups is 1. The molecule has 4 nitrogen and oxygen atoms in total. The Kier molecular flexibility index (Phi) is 4.77. The predicted molar refractivity (Wildman–Crippen MR) is 81.4 cm³/mol. The van der Waals surface area contributed by atoms with Gasteiger partial charge in [0.15, 0.2) is 5.96 Å². The number of anilines is 1. The lowest BCUT2D eigenvalue weighted by atomic mass is 9.96. The van der Waals surface area contributed by atoms with Crippen molar-refractivity contribution in [2.75, 3.05) is 26.0 Å². The molecule has 0 atom stereocenters. The Labute approximate surface area is 124 Å². The zero-order valence-corrected chi connectivity index (χ0v) is 12.5. The largest absolute Gasteiger partial charge is 0.370 e. The normalized spacial score (nSPS) is 18.2. The van der Waals surface area contributed by atoms with E-state index in [4.69, 9.17) is 5.73 Å². The second kappa shape index (κ2) is 6.39. The summed E-state index contributed by atoms with van der Waals surface area (Å²) in [5, 5.41) is 2.69. The number of likely N-dealkylation sites (N-methyl/N-ethyl adjacent to an activating group) is 1. The molecule has 0 spiro atoms. The standard InChI is InChI=1S/C15H22F2N4/c1-21(2)15(7-3-4-8-15)10-19-14(18)20-13-6-5-11(16)9-12(13)17/h5-6,9H,3-4,7-8,10H2,1-2H3,(H3,18,19,20). The lowest BCUT2D eigenvalue weighted by molar-refractivity contribution is 0.167. The lowest BCUT2D eigenvalue weighted by Gasteiger charge is -2.34. The van der Waals surface area contributed by atoms with Crippen molar-refractivity contribution in [2.24, 2.45) is 10.7 Å². The van der Waals surface area contributed by atoms with Crippen LogP contribution in [0.2, 0.25) is 0 Å². The van der Waals surface area contributed by atoms with Gasteiger partial charge in [-0.3, -0.25) is 4.99 Å². The highest BCUT2D eigenvalue weighted by atomic mass is 19.1. The highest BCUT2D eigenvalue weighted by Gasteiger charge is 2.35. The molecule has 3 N–H and O–H groups in total. The van der Waals surface area contributed by atoms with Crippen LogP contribution in [-0.4, -0.2) is 37.0 Å². The van der Waals surface area contributed by atoms with Gasteiger partial charge in [0.1, 0.15) is 11.6 Å². The number of halogens is 2. The number of nitrogens with zero attached hydrogens (tertiary/aromatic N) is 2. The first-order chi connectivity index (χ1) is 9.93. The first-order valence-corrected chi connectivity index (χ1v) is 7.12. The maximum absolute atomic E-state index is 13.5. The molecule has 1 aromatic rings. The highest BCUT2D eigenvalue weighted by molar-refractivity contribution is 5.92. The van der Waals surface area contributed by atoms with Crippen LogP contribution in [0.4, 0.5) is 14.5 Å². The summed E-state index contributed by atoms with van der Waals surface area (Å²) >= 11 is 0. The molecule has 0 radical (unpaired) electrons. The minimum Gasteiger partial charge on any atom is -0.370 e. The highest BCUT2D eigenvalue weighted by Crippen LogP contribution is 2.33. The lowest BCUT2D eigenvalue weighted by Crippen LogP contribution is -2.45. The van der Waals surface area contributed by atoms with Crippen LogP contribution >= 0.6 is 0 Å². The Hall–Kier alpha value is -1.69. The van der Waals surface area contributed by atoms with E-state index in [-0.39, 0.29) is 17.2 Å². The van der Waals surface area contributed by atoms with Crippen LogP contribution in [0.15, 0.2) is 23.2 Å². The SMILES string of the molecule is CN(C)C1(CN=C(N)Nc2ccc(F)cc2F)CCCC1. The molecule has 1 saturated carbocycles. The number of hydrogen-bond acceptors (Lipinski definition) is 2. The molecule has 116 valence electrons. The number of benzene rings is 1. The molecule has 0 amide bonds. The van der Waals surface area contributed by atoms with Crippen LogP contribution in [0.1, 0.15) is 25.7 Å². The minimum absolute atomic E-state index is 0.0354. The van der Waals surface area contributed by atoms with Crippen molar-refractivity contribution in [3.05, 3.63) is 29.8 Å². The summed E-state index contributed by atoms with van der Waals surface area (Å²) in [5.74, 6) is -1.16. The van der Waals surface area contributed by atoms with Crippen LogP contribution < -0.4 is 11.1 Å². The van der Waals surface area contributed by atoms with Gasteiger partial charge in [0, 0.05) is 11.6 Å². The molecule has 0 aliphatic heterocycles. The predicted octanol–water partition coefficient (Wildman–Crippen LogP) is 2.57. The number of nitrogens with one attached hydrogen (secondary N) is 1. The van der Waals surface area contributed by atoms with E-state index in [9.17, 15) is 8.78 Å². The van der Waals surface area contributed by atoms with Gasteiger partial charge in [-0.15, -0.1) is 0 Å². The molecule has 0 aromatic heterocycles. The zero-order chi connectivity index (χ0) is 15.5. The molecule has 0 unspecified atom stereocenters. The van der Waals surface area contributed by atoms with E-state index >= 15 is 0 Å². The number of nitrogens with two attached hydrogens (primary N) is 1. The first kappa shape index (κ1) is 15.7. The van der Waals surface area contributed by atoms with E-state index in [0.29, 0.717) is 6.54 Å². The van der Waals surface area contributed by atoms with Gasteiger partial charge in [0.05, 0.1) is 12.2 Å². The molecular weight excluding hydrogens is 274 g/mol. The first-order valence-electron chi connectivity index (χ1n) is 7.12. The fourth-order valence-corrected chi connectivity index (χ4v) is 2.78. The van der Waals surface area contributed by atoms with E-state index in [0.717, 1.165) is 18.9 Å². The van der Waals surface area contributed by atoms with Crippen LogP contribution in [0.25, 0.3) is 0 Å². The van der Waals surface area contributed by atoms with Crippen molar-refractivity contribution < 1.29 is 8.78 Å². The summed E-state index contributed by atoms with van der Waals surface area (Å²) in [6.45, 7) is 0.571. The Balaban J connectivity index is 2.04. The van der Waals surface area contributed by atoms with Gasteiger partial charge in [-0.05, 0) is 39.1 Å². The van der Waals surface area contributed by atoms with E-state index in [1.807, 2.05) is 14.1 Å². The van der Waals surface area contributed by atoms with E-state index in [1.165, 1.54) is 25.0 Å². The molecular formula is C15H22F2N4. The van der Waals surface area contributed by atoms with Crippen LogP contribution in [-0.2, 0) is 0 Å². The maximum atomic E-state index is 13.5. The summed E-state index contributed by atoms with van der Waals surface area (Å²) in [5.41, 5.74) is 5.97. The van der Waals surface area contributed by atoms with Gasteiger partial charge in [-0.2, -0.15) is 0 Å². The van der Waals surface area contributed by atoms with Crippen LogP contribution in [0, 0.1) is 11.6 Å². The number of hydrogen-bond donors (Lipinski definition) is 2. The van der Waals surface area contributed by atoms with Crippen molar-refractivity contribution >= 4 is 11.6 Å². The second-order valence-electron chi connectivity index (χ2n) is 5.78. The van der Waals surface area contributed by atoms with Gasteiger partial charge in [-0.25, -0.2) is 8.78 Å². The average Bonchev–Trinajstić information content (AvgIpc) is 2.90. The third-order valence-electron chi connectivity index (χ3n) is 4.22. The molecule has 1 aliphatic carbocycles. The molecule has 1 fully saturated rings. The molecule has 21 heavy (non-hydrogen) atoms. The summed E-state index contributed by atoms with van der Waals surface area (Å²) < 4.78 is 26.4. The van der Waals surface area contributed by atoms with Crippen molar-refractivity contribution in [1.82, 2.24) is 4.90 Å². The Morgan fingerprint density at radius 3 is 2.57 bits per heavy atom. The fraction of sp³-hybridized carbons (Fsp3) is 0.533. The van der Waals surface area contributed by atoms with Gasteiger partial charge in [-0.1, -0.05) is 12.8 Å². The van der Waals surface area contributed by atoms with Crippen molar-refractivity contribution in [3.63, 3.8) is 0 Å². The van der Waals surface area contributed by atoms with Gasteiger partial charge < -0.3 is 16.0 Å². The summed E-state index contributed by atoms with van der Waals surface area (Å²) in [7, 11) is 4.09. The van der Waals surface area contributed by atoms with Gasteiger partial charge in [0.2, 0.25) is 0 Å². The second-order valence-corrected chi connectivity index (χ2v) is 5.78. The Morgan fingerprint density at radius 2 is 2.00 bits per heavy atom. The summed E-state index contributed by atoms with van der Waals surface area (Å²) in [6.07, 6.45) is 4.55. The van der Waals surface area contributed by atoms with Crippen LogP contribution in [0.3, 0.4) is 0 Å². The van der Waals surface area contributed by atoms with E-state index in [1.54, 1.807) is 0 Å². The molecule has 0 saturated heterocycles. The smallest absolute Gasteiger partial charge is 0.193 e. The maximum Gasteiger partial charge on any atom is 0.193 e.